The number of rotatable bonds is 1. The molecule has 1 N–H and O–H groups in total. The lowest BCUT2D eigenvalue weighted by Gasteiger charge is -2.32. The molecule has 0 unspecified atom stereocenters. The number of anilines is 1. The first-order valence-electron chi connectivity index (χ1n) is 6.89. The van der Waals surface area contributed by atoms with Crippen LogP contribution >= 0.6 is 11.5 Å². The molecule has 1 spiro atoms. The molecule has 1 amide bonds. The number of amides is 1. The van der Waals surface area contributed by atoms with Crippen molar-refractivity contribution in [2.45, 2.75) is 19.3 Å². The Hall–Kier alpha value is -1.60. The van der Waals surface area contributed by atoms with Crippen molar-refractivity contribution >= 4 is 33.5 Å². The summed E-state index contributed by atoms with van der Waals surface area (Å²) in [6.07, 6.45) is 4.59. The molecule has 7 heteroatoms. The Kier molecular flexibility index (Phi) is 2.71. The van der Waals surface area contributed by atoms with Gasteiger partial charge in [-0.25, -0.2) is 4.98 Å². The van der Waals surface area contributed by atoms with Crippen molar-refractivity contribution < 1.29 is 4.79 Å². The fraction of sp³-hybridized carbons (Fsp3) is 0.538. The van der Waals surface area contributed by atoms with Gasteiger partial charge in [-0.3, -0.25) is 4.79 Å². The number of carbonyl (C=O) groups is 1. The van der Waals surface area contributed by atoms with E-state index in [-0.39, 0.29) is 11.3 Å². The van der Waals surface area contributed by atoms with Gasteiger partial charge in [0.2, 0.25) is 5.91 Å². The van der Waals surface area contributed by atoms with Gasteiger partial charge in [0, 0.05) is 18.1 Å². The third-order valence-electron chi connectivity index (χ3n) is 4.48. The van der Waals surface area contributed by atoms with Gasteiger partial charge in [0.05, 0.1) is 17.3 Å². The highest BCUT2D eigenvalue weighted by Gasteiger charge is 2.47. The third-order valence-corrected chi connectivity index (χ3v) is 5.13. The van der Waals surface area contributed by atoms with Crippen molar-refractivity contribution in [3.05, 3.63) is 12.3 Å². The lowest BCUT2D eigenvalue weighted by Crippen LogP contribution is -2.42. The second-order valence-corrected chi connectivity index (χ2v) is 6.26. The van der Waals surface area contributed by atoms with Crippen molar-refractivity contribution in [1.29, 1.82) is 0 Å². The number of aromatic nitrogens is 3. The van der Waals surface area contributed by atoms with Crippen LogP contribution in [0, 0.1) is 5.41 Å². The van der Waals surface area contributed by atoms with E-state index in [0.29, 0.717) is 0 Å². The molecular weight excluding hydrogens is 274 g/mol. The largest absolute Gasteiger partial charge is 0.317 e. The normalized spacial score (nSPS) is 22.0. The molecular formula is C13H15N5OS. The van der Waals surface area contributed by atoms with E-state index in [4.69, 9.17) is 0 Å². The molecule has 2 saturated heterocycles. The van der Waals surface area contributed by atoms with Gasteiger partial charge >= 0.3 is 0 Å². The molecule has 104 valence electrons. The van der Waals surface area contributed by atoms with Crippen LogP contribution in [0.3, 0.4) is 0 Å². The minimum absolute atomic E-state index is 0.152. The highest BCUT2D eigenvalue weighted by atomic mass is 32.1. The van der Waals surface area contributed by atoms with Crippen LogP contribution in [0.25, 0.3) is 10.3 Å². The summed E-state index contributed by atoms with van der Waals surface area (Å²) in [6.45, 7) is 2.66. The van der Waals surface area contributed by atoms with Crippen molar-refractivity contribution in [2.75, 3.05) is 24.5 Å². The Labute approximate surface area is 120 Å². The quantitative estimate of drug-likeness (QED) is 0.854. The highest BCUT2D eigenvalue weighted by molar-refractivity contribution is 7.12. The Morgan fingerprint density at radius 1 is 1.30 bits per heavy atom. The summed E-state index contributed by atoms with van der Waals surface area (Å²) in [5.74, 6) is 0.253. The summed E-state index contributed by atoms with van der Waals surface area (Å²) < 4.78 is 3.89. The molecule has 0 atom stereocenters. The van der Waals surface area contributed by atoms with Crippen LogP contribution in [0.5, 0.6) is 0 Å². The molecule has 2 aromatic rings. The number of piperidine rings is 1. The molecule has 4 rings (SSSR count). The minimum Gasteiger partial charge on any atom is -0.317 e. The van der Waals surface area contributed by atoms with Crippen LogP contribution < -0.4 is 10.2 Å². The molecule has 2 fully saturated rings. The van der Waals surface area contributed by atoms with Crippen LogP contribution in [0.1, 0.15) is 19.3 Å². The number of nitrogens with zero attached hydrogens (tertiary/aromatic N) is 4. The van der Waals surface area contributed by atoms with E-state index in [2.05, 4.69) is 19.9 Å². The zero-order valence-electron chi connectivity index (χ0n) is 11.0. The standard InChI is InChI=1S/C13H15N5OS/c19-12-13(1-4-14-5-2-13)3-6-18(12)9-7-10-11(15-8-9)20-17-16-10/h7-8,14H,1-6H2. The summed E-state index contributed by atoms with van der Waals surface area (Å²) in [6, 6.07) is 1.92. The van der Waals surface area contributed by atoms with Gasteiger partial charge in [-0.15, -0.1) is 5.10 Å². The molecule has 0 radical (unpaired) electrons. The minimum atomic E-state index is -0.152. The van der Waals surface area contributed by atoms with Crippen molar-refractivity contribution in [1.82, 2.24) is 19.9 Å². The van der Waals surface area contributed by atoms with Crippen molar-refractivity contribution in [3.63, 3.8) is 0 Å². The Morgan fingerprint density at radius 2 is 2.15 bits per heavy atom. The summed E-state index contributed by atoms with van der Waals surface area (Å²) in [7, 11) is 0. The fourth-order valence-electron chi connectivity index (χ4n) is 3.26. The van der Waals surface area contributed by atoms with Gasteiger partial charge in [0.1, 0.15) is 5.52 Å². The SMILES string of the molecule is O=C1N(c2cnc3snnc3c2)CCC12CCNCC2. The van der Waals surface area contributed by atoms with Gasteiger partial charge in [-0.1, -0.05) is 4.49 Å². The summed E-state index contributed by atoms with van der Waals surface area (Å²) >= 11 is 1.28. The molecule has 2 aromatic heterocycles. The second kappa shape index (κ2) is 4.46. The van der Waals surface area contributed by atoms with Crippen LogP contribution in [-0.2, 0) is 4.79 Å². The number of pyridine rings is 1. The van der Waals surface area contributed by atoms with E-state index in [1.165, 1.54) is 11.5 Å². The van der Waals surface area contributed by atoms with Crippen LogP contribution in [0.15, 0.2) is 12.3 Å². The molecule has 0 aliphatic carbocycles. The molecule has 2 aliphatic heterocycles. The predicted molar refractivity (Wildman–Crippen MR) is 76.7 cm³/mol. The lowest BCUT2D eigenvalue weighted by atomic mass is 9.78. The van der Waals surface area contributed by atoms with Crippen LogP contribution in [0.4, 0.5) is 5.69 Å². The summed E-state index contributed by atoms with van der Waals surface area (Å²) in [5, 5.41) is 7.37. The lowest BCUT2D eigenvalue weighted by molar-refractivity contribution is -0.126. The third kappa shape index (κ3) is 1.73. The maximum absolute atomic E-state index is 12.8. The number of hydrogen-bond donors (Lipinski definition) is 1. The average molecular weight is 289 g/mol. The molecule has 0 aromatic carbocycles. The number of hydrogen-bond acceptors (Lipinski definition) is 6. The number of carbonyl (C=O) groups excluding carboxylic acids is 1. The van der Waals surface area contributed by atoms with E-state index in [9.17, 15) is 4.79 Å². The van der Waals surface area contributed by atoms with Gasteiger partial charge in [-0.05, 0) is 38.4 Å². The van der Waals surface area contributed by atoms with Crippen LogP contribution in [-0.4, -0.2) is 40.1 Å². The van der Waals surface area contributed by atoms with Crippen molar-refractivity contribution in [3.8, 4) is 0 Å². The van der Waals surface area contributed by atoms with Gasteiger partial charge in [0.15, 0.2) is 4.83 Å². The van der Waals surface area contributed by atoms with E-state index < -0.39 is 0 Å². The molecule has 6 nitrogen and oxygen atoms in total. The molecule has 0 bridgehead atoms. The maximum Gasteiger partial charge on any atom is 0.233 e. The van der Waals surface area contributed by atoms with Gasteiger partial charge in [0.25, 0.3) is 0 Å². The Morgan fingerprint density at radius 3 is 3.00 bits per heavy atom. The molecule has 2 aliphatic rings. The summed E-state index contributed by atoms with van der Waals surface area (Å²) in [5.41, 5.74) is 1.47. The van der Waals surface area contributed by atoms with Gasteiger partial charge < -0.3 is 10.2 Å². The average Bonchev–Trinajstić information content (AvgIpc) is 3.06. The first-order valence-corrected chi connectivity index (χ1v) is 7.67. The summed E-state index contributed by atoms with van der Waals surface area (Å²) in [4.78, 5) is 19.8. The molecule has 20 heavy (non-hydrogen) atoms. The number of fused-ring (bicyclic) bond motifs is 1. The van der Waals surface area contributed by atoms with Crippen molar-refractivity contribution in [2.24, 2.45) is 5.41 Å². The molecule has 4 heterocycles. The zero-order chi connectivity index (χ0) is 13.6. The van der Waals surface area contributed by atoms with E-state index >= 15 is 0 Å². The van der Waals surface area contributed by atoms with E-state index in [0.717, 1.165) is 54.9 Å². The maximum atomic E-state index is 12.8. The number of nitrogens with one attached hydrogen (secondary N) is 1. The topological polar surface area (TPSA) is 71.0 Å². The highest BCUT2D eigenvalue weighted by Crippen LogP contribution is 2.41. The predicted octanol–water partition coefficient (Wildman–Crippen LogP) is 1.19. The van der Waals surface area contributed by atoms with E-state index in [1.807, 2.05) is 11.0 Å². The smallest absolute Gasteiger partial charge is 0.233 e. The van der Waals surface area contributed by atoms with E-state index in [1.54, 1.807) is 6.20 Å². The van der Waals surface area contributed by atoms with Crippen LogP contribution in [0.2, 0.25) is 0 Å². The monoisotopic (exact) mass is 289 g/mol. The zero-order valence-corrected chi connectivity index (χ0v) is 11.8. The Balaban J connectivity index is 1.67. The molecule has 0 saturated carbocycles. The first kappa shape index (κ1) is 12.2. The second-order valence-electron chi connectivity index (χ2n) is 5.53. The van der Waals surface area contributed by atoms with Gasteiger partial charge in [-0.2, -0.15) is 0 Å². The Bertz CT molecular complexity index is 664. The first-order chi connectivity index (χ1) is 9.78. The fourth-order valence-corrected chi connectivity index (χ4v) is 3.76.